The highest BCUT2D eigenvalue weighted by Gasteiger charge is 2.18. The van der Waals surface area contributed by atoms with Crippen molar-refractivity contribution in [1.82, 2.24) is 0 Å². The van der Waals surface area contributed by atoms with Gasteiger partial charge in [0.25, 0.3) is 11.6 Å². The van der Waals surface area contributed by atoms with Gasteiger partial charge in [-0.25, -0.2) is 4.39 Å². The minimum absolute atomic E-state index is 0.103. The Labute approximate surface area is 127 Å². The van der Waals surface area contributed by atoms with Crippen molar-refractivity contribution in [3.05, 3.63) is 62.4 Å². The number of carbonyl (C=O) groups is 1. The average molecular weight is 354 g/mol. The first-order valence-electron chi connectivity index (χ1n) is 5.69. The molecule has 0 radical (unpaired) electrons. The van der Waals surface area contributed by atoms with Gasteiger partial charge in [0.2, 0.25) is 0 Å². The Morgan fingerprint density at radius 2 is 2.00 bits per heavy atom. The van der Waals surface area contributed by atoms with Gasteiger partial charge in [0.1, 0.15) is 11.5 Å². The van der Waals surface area contributed by atoms with E-state index < -0.39 is 22.3 Å². The molecule has 2 rings (SSSR count). The number of nitro benzene ring substituents is 1. The van der Waals surface area contributed by atoms with Crippen molar-refractivity contribution in [3.8, 4) is 0 Å². The summed E-state index contributed by atoms with van der Waals surface area (Å²) in [4.78, 5) is 22.2. The third-order valence-corrected chi connectivity index (χ3v) is 3.16. The van der Waals surface area contributed by atoms with E-state index in [0.29, 0.717) is 4.47 Å². The van der Waals surface area contributed by atoms with Gasteiger partial charge in [0.05, 0.1) is 16.6 Å². The SMILES string of the molecule is Nc1cc(Br)ccc1C(=O)Nc1ccc(F)cc1[N+](=O)[O-]. The Bertz CT molecular complexity index is 737. The molecule has 0 heterocycles. The fourth-order valence-corrected chi connectivity index (χ4v) is 2.07. The number of hydrogen-bond donors (Lipinski definition) is 2. The molecular formula is C13H9BrFN3O3. The molecule has 0 aromatic heterocycles. The van der Waals surface area contributed by atoms with E-state index in [1.165, 1.54) is 12.1 Å². The number of rotatable bonds is 3. The Morgan fingerprint density at radius 1 is 1.29 bits per heavy atom. The predicted octanol–water partition coefficient (Wildman–Crippen LogP) is 3.33. The van der Waals surface area contributed by atoms with Crippen molar-refractivity contribution in [1.29, 1.82) is 0 Å². The van der Waals surface area contributed by atoms with Crippen LogP contribution in [-0.2, 0) is 0 Å². The van der Waals surface area contributed by atoms with Gasteiger partial charge in [-0.3, -0.25) is 14.9 Å². The van der Waals surface area contributed by atoms with Gasteiger partial charge in [0.15, 0.2) is 0 Å². The average Bonchev–Trinajstić information content (AvgIpc) is 2.40. The van der Waals surface area contributed by atoms with Crippen LogP contribution >= 0.6 is 15.9 Å². The van der Waals surface area contributed by atoms with Crippen LogP contribution in [0.15, 0.2) is 40.9 Å². The molecule has 2 aromatic rings. The third-order valence-electron chi connectivity index (χ3n) is 2.66. The van der Waals surface area contributed by atoms with E-state index >= 15 is 0 Å². The van der Waals surface area contributed by atoms with Crippen molar-refractivity contribution in [3.63, 3.8) is 0 Å². The summed E-state index contributed by atoms with van der Waals surface area (Å²) in [5, 5.41) is 13.2. The Morgan fingerprint density at radius 3 is 2.62 bits per heavy atom. The molecule has 108 valence electrons. The van der Waals surface area contributed by atoms with E-state index in [-0.39, 0.29) is 16.9 Å². The number of halogens is 2. The highest BCUT2D eigenvalue weighted by molar-refractivity contribution is 9.10. The number of hydrogen-bond acceptors (Lipinski definition) is 4. The van der Waals surface area contributed by atoms with Gasteiger partial charge >= 0.3 is 0 Å². The van der Waals surface area contributed by atoms with Crippen LogP contribution in [0, 0.1) is 15.9 Å². The van der Waals surface area contributed by atoms with Gasteiger partial charge in [-0.2, -0.15) is 0 Å². The lowest BCUT2D eigenvalue weighted by atomic mass is 10.1. The maximum Gasteiger partial charge on any atom is 0.295 e. The number of nitrogens with zero attached hydrogens (tertiary/aromatic N) is 1. The van der Waals surface area contributed by atoms with Crippen LogP contribution in [0.3, 0.4) is 0 Å². The lowest BCUT2D eigenvalue weighted by Gasteiger charge is -2.08. The molecule has 0 atom stereocenters. The molecule has 1 amide bonds. The molecule has 0 unspecified atom stereocenters. The minimum atomic E-state index is -0.774. The monoisotopic (exact) mass is 353 g/mol. The number of anilines is 2. The molecule has 0 saturated heterocycles. The molecule has 0 saturated carbocycles. The van der Waals surface area contributed by atoms with Crippen LogP contribution in [0.1, 0.15) is 10.4 Å². The summed E-state index contributed by atoms with van der Waals surface area (Å²) in [6, 6.07) is 7.51. The molecule has 0 bridgehead atoms. The predicted molar refractivity (Wildman–Crippen MR) is 79.6 cm³/mol. The minimum Gasteiger partial charge on any atom is -0.398 e. The van der Waals surface area contributed by atoms with E-state index in [2.05, 4.69) is 21.2 Å². The lowest BCUT2D eigenvalue weighted by molar-refractivity contribution is -0.384. The molecule has 0 aliphatic rings. The second-order valence-electron chi connectivity index (χ2n) is 4.10. The van der Waals surface area contributed by atoms with Crippen LogP contribution in [0.25, 0.3) is 0 Å². The number of amides is 1. The number of nitrogen functional groups attached to an aromatic ring is 1. The number of nitro groups is 1. The first kappa shape index (κ1) is 14.9. The highest BCUT2D eigenvalue weighted by atomic mass is 79.9. The maximum absolute atomic E-state index is 13.0. The Kier molecular flexibility index (Phi) is 4.18. The summed E-state index contributed by atoms with van der Waals surface area (Å²) >= 11 is 3.21. The van der Waals surface area contributed by atoms with Gasteiger partial charge in [0, 0.05) is 10.2 Å². The Balaban J connectivity index is 2.34. The molecule has 0 spiro atoms. The first-order valence-corrected chi connectivity index (χ1v) is 6.48. The van der Waals surface area contributed by atoms with E-state index in [1.54, 1.807) is 6.07 Å². The molecule has 8 heteroatoms. The normalized spacial score (nSPS) is 10.2. The van der Waals surface area contributed by atoms with E-state index in [1.807, 2.05) is 0 Å². The largest absolute Gasteiger partial charge is 0.398 e. The molecule has 0 fully saturated rings. The number of carbonyl (C=O) groups excluding carboxylic acids is 1. The number of benzene rings is 2. The first-order chi connectivity index (χ1) is 9.88. The van der Waals surface area contributed by atoms with Crippen molar-refractivity contribution in [2.75, 3.05) is 11.1 Å². The molecule has 21 heavy (non-hydrogen) atoms. The molecule has 3 N–H and O–H groups in total. The van der Waals surface area contributed by atoms with Crippen molar-refractivity contribution < 1.29 is 14.1 Å². The fraction of sp³-hybridized carbons (Fsp3) is 0. The van der Waals surface area contributed by atoms with Crippen molar-refractivity contribution >= 4 is 38.9 Å². The summed E-state index contributed by atoms with van der Waals surface area (Å²) in [7, 11) is 0. The smallest absolute Gasteiger partial charge is 0.295 e. The summed E-state index contributed by atoms with van der Waals surface area (Å²) < 4.78 is 13.7. The van der Waals surface area contributed by atoms with E-state index in [4.69, 9.17) is 5.73 Å². The number of nitrogens with two attached hydrogens (primary N) is 1. The summed E-state index contributed by atoms with van der Waals surface area (Å²) in [6.07, 6.45) is 0. The topological polar surface area (TPSA) is 98.3 Å². The summed E-state index contributed by atoms with van der Waals surface area (Å²) in [5.74, 6) is -1.38. The summed E-state index contributed by atoms with van der Waals surface area (Å²) in [6.45, 7) is 0. The quantitative estimate of drug-likeness (QED) is 0.502. The number of nitrogens with one attached hydrogen (secondary N) is 1. The van der Waals surface area contributed by atoms with E-state index in [0.717, 1.165) is 18.2 Å². The zero-order valence-corrected chi connectivity index (χ0v) is 12.1. The van der Waals surface area contributed by atoms with Gasteiger partial charge in [-0.1, -0.05) is 15.9 Å². The van der Waals surface area contributed by atoms with Crippen LogP contribution < -0.4 is 11.1 Å². The molecule has 0 aliphatic heterocycles. The Hall–Kier alpha value is -2.48. The van der Waals surface area contributed by atoms with Crippen LogP contribution in [0.4, 0.5) is 21.5 Å². The van der Waals surface area contributed by atoms with Gasteiger partial charge in [-0.15, -0.1) is 0 Å². The highest BCUT2D eigenvalue weighted by Crippen LogP contribution is 2.26. The van der Waals surface area contributed by atoms with Crippen LogP contribution in [0.5, 0.6) is 0 Å². The summed E-state index contributed by atoms with van der Waals surface area (Å²) in [5.41, 5.74) is 5.46. The maximum atomic E-state index is 13.0. The van der Waals surface area contributed by atoms with Gasteiger partial charge < -0.3 is 11.1 Å². The second-order valence-corrected chi connectivity index (χ2v) is 5.02. The standard InChI is InChI=1S/C13H9BrFN3O3/c14-7-1-3-9(10(16)5-7)13(19)17-11-4-2-8(15)6-12(11)18(20)21/h1-6H,16H2,(H,17,19). The van der Waals surface area contributed by atoms with Crippen molar-refractivity contribution in [2.45, 2.75) is 0 Å². The van der Waals surface area contributed by atoms with Crippen LogP contribution in [-0.4, -0.2) is 10.8 Å². The molecule has 2 aromatic carbocycles. The zero-order valence-electron chi connectivity index (χ0n) is 10.5. The molecular weight excluding hydrogens is 345 g/mol. The third kappa shape index (κ3) is 3.34. The molecule has 6 nitrogen and oxygen atoms in total. The molecule has 0 aliphatic carbocycles. The van der Waals surface area contributed by atoms with Crippen LogP contribution in [0.2, 0.25) is 0 Å². The zero-order chi connectivity index (χ0) is 15.6. The second kappa shape index (κ2) is 5.88. The lowest BCUT2D eigenvalue weighted by Crippen LogP contribution is -2.15. The fourth-order valence-electron chi connectivity index (χ4n) is 1.69. The van der Waals surface area contributed by atoms with E-state index in [9.17, 15) is 19.3 Å². The van der Waals surface area contributed by atoms with Gasteiger partial charge in [-0.05, 0) is 30.3 Å². The van der Waals surface area contributed by atoms with Crippen molar-refractivity contribution in [2.24, 2.45) is 0 Å².